The number of amides is 2. The van der Waals surface area contributed by atoms with Gasteiger partial charge in [-0.3, -0.25) is 4.90 Å². The normalized spacial score (nSPS) is 25.2. The van der Waals surface area contributed by atoms with Crippen molar-refractivity contribution in [1.29, 1.82) is 0 Å². The Hall–Kier alpha value is -0.770. The van der Waals surface area contributed by atoms with Gasteiger partial charge in [0.25, 0.3) is 0 Å². The first-order valence-electron chi connectivity index (χ1n) is 4.97. The van der Waals surface area contributed by atoms with Gasteiger partial charge in [-0.25, -0.2) is 4.79 Å². The Bertz CT molecular complexity index is 211. The van der Waals surface area contributed by atoms with Crippen molar-refractivity contribution in [2.75, 3.05) is 26.2 Å². The van der Waals surface area contributed by atoms with Crippen LogP contribution in [0.4, 0.5) is 4.79 Å². The average Bonchev–Trinajstić information content (AvgIpc) is 2.32. The minimum atomic E-state index is 0.119. The summed E-state index contributed by atoms with van der Waals surface area (Å²) in [5, 5.41) is 2.83. The van der Waals surface area contributed by atoms with E-state index in [9.17, 15) is 4.79 Å². The molecule has 0 aromatic carbocycles. The number of carbonyl (C=O) groups is 1. The first kappa shape index (κ1) is 8.81. The van der Waals surface area contributed by atoms with Crippen LogP contribution >= 0.6 is 0 Å². The number of nitrogens with one attached hydrogen (secondary N) is 1. The molecule has 13 heavy (non-hydrogen) atoms. The molecule has 2 saturated heterocycles. The predicted molar refractivity (Wildman–Crippen MR) is 50.6 cm³/mol. The van der Waals surface area contributed by atoms with E-state index in [1.54, 1.807) is 0 Å². The lowest BCUT2D eigenvalue weighted by Crippen LogP contribution is -2.61. The Kier molecular flexibility index (Phi) is 2.15. The van der Waals surface area contributed by atoms with Gasteiger partial charge in [0.2, 0.25) is 0 Å². The first-order chi connectivity index (χ1) is 6.18. The average molecular weight is 183 g/mol. The molecule has 1 N–H and O–H groups in total. The molecular formula is C9H17N3O. The van der Waals surface area contributed by atoms with Crippen molar-refractivity contribution in [1.82, 2.24) is 15.1 Å². The number of rotatable bonds is 2. The molecule has 2 heterocycles. The van der Waals surface area contributed by atoms with Gasteiger partial charge >= 0.3 is 6.03 Å². The van der Waals surface area contributed by atoms with Gasteiger partial charge in [0, 0.05) is 32.2 Å². The minimum absolute atomic E-state index is 0.119. The quantitative estimate of drug-likeness (QED) is 0.659. The Labute approximate surface area is 78.9 Å². The molecule has 0 atom stereocenters. The largest absolute Gasteiger partial charge is 0.336 e. The van der Waals surface area contributed by atoms with Crippen molar-refractivity contribution in [3.05, 3.63) is 0 Å². The maximum absolute atomic E-state index is 11.3. The lowest BCUT2D eigenvalue weighted by Gasteiger charge is -2.45. The Balaban J connectivity index is 1.82. The standard InChI is InChI=1S/C9H17N3O/c1-7(2)11-5-8(6-11)12-4-3-10-9(12)13/h7-8H,3-6H2,1-2H3,(H,10,13). The minimum Gasteiger partial charge on any atom is -0.336 e. The van der Waals surface area contributed by atoms with Crippen molar-refractivity contribution in [2.24, 2.45) is 0 Å². The number of urea groups is 1. The molecule has 2 rings (SSSR count). The second kappa shape index (κ2) is 3.18. The lowest BCUT2D eigenvalue weighted by atomic mass is 10.1. The van der Waals surface area contributed by atoms with E-state index in [1.165, 1.54) is 0 Å². The van der Waals surface area contributed by atoms with Crippen LogP contribution in [-0.4, -0.2) is 54.1 Å². The third-order valence-corrected chi connectivity index (χ3v) is 2.95. The van der Waals surface area contributed by atoms with Crippen molar-refractivity contribution in [3.63, 3.8) is 0 Å². The fourth-order valence-electron chi connectivity index (χ4n) is 1.94. The van der Waals surface area contributed by atoms with E-state index >= 15 is 0 Å². The van der Waals surface area contributed by atoms with Crippen LogP contribution in [0.25, 0.3) is 0 Å². The smallest absolute Gasteiger partial charge is 0.317 e. The van der Waals surface area contributed by atoms with E-state index < -0.39 is 0 Å². The Morgan fingerprint density at radius 1 is 1.46 bits per heavy atom. The van der Waals surface area contributed by atoms with E-state index in [-0.39, 0.29) is 6.03 Å². The number of likely N-dealkylation sites (tertiary alicyclic amines) is 1. The molecule has 2 amide bonds. The molecule has 0 saturated carbocycles. The highest BCUT2D eigenvalue weighted by Crippen LogP contribution is 2.18. The van der Waals surface area contributed by atoms with E-state index in [2.05, 4.69) is 24.1 Å². The molecule has 2 fully saturated rings. The van der Waals surface area contributed by atoms with Crippen LogP contribution in [0.15, 0.2) is 0 Å². The molecule has 0 aliphatic carbocycles. The van der Waals surface area contributed by atoms with Crippen molar-refractivity contribution in [3.8, 4) is 0 Å². The summed E-state index contributed by atoms with van der Waals surface area (Å²) < 4.78 is 0. The second-order valence-corrected chi connectivity index (χ2v) is 4.13. The van der Waals surface area contributed by atoms with Gasteiger partial charge in [-0.1, -0.05) is 0 Å². The summed E-state index contributed by atoms with van der Waals surface area (Å²) in [6.07, 6.45) is 0. The summed E-state index contributed by atoms with van der Waals surface area (Å²) >= 11 is 0. The molecule has 0 bridgehead atoms. The number of carbonyl (C=O) groups excluding carboxylic acids is 1. The van der Waals surface area contributed by atoms with Crippen molar-refractivity contribution >= 4 is 6.03 Å². The van der Waals surface area contributed by atoms with Crippen molar-refractivity contribution < 1.29 is 4.79 Å². The number of hydrogen-bond acceptors (Lipinski definition) is 2. The molecule has 0 aromatic rings. The molecule has 4 heteroatoms. The zero-order chi connectivity index (χ0) is 9.42. The zero-order valence-corrected chi connectivity index (χ0v) is 8.29. The predicted octanol–water partition coefficient (Wildman–Crippen LogP) is 0.104. The summed E-state index contributed by atoms with van der Waals surface area (Å²) in [7, 11) is 0. The zero-order valence-electron chi connectivity index (χ0n) is 8.29. The van der Waals surface area contributed by atoms with E-state index in [4.69, 9.17) is 0 Å². The molecule has 2 aliphatic rings. The van der Waals surface area contributed by atoms with E-state index in [0.717, 1.165) is 26.2 Å². The van der Waals surface area contributed by atoms with E-state index in [1.807, 2.05) is 4.90 Å². The molecule has 4 nitrogen and oxygen atoms in total. The molecule has 0 spiro atoms. The van der Waals surface area contributed by atoms with Gasteiger partial charge in [-0.15, -0.1) is 0 Å². The van der Waals surface area contributed by atoms with Gasteiger partial charge in [0.1, 0.15) is 0 Å². The maximum atomic E-state index is 11.3. The number of hydrogen-bond donors (Lipinski definition) is 1. The fraction of sp³-hybridized carbons (Fsp3) is 0.889. The highest BCUT2D eigenvalue weighted by Gasteiger charge is 2.37. The molecule has 0 aromatic heterocycles. The summed E-state index contributed by atoms with van der Waals surface area (Å²) in [6, 6.07) is 1.19. The third kappa shape index (κ3) is 1.50. The van der Waals surface area contributed by atoms with Crippen molar-refractivity contribution in [2.45, 2.75) is 25.9 Å². The monoisotopic (exact) mass is 183 g/mol. The molecule has 0 unspecified atom stereocenters. The molecule has 0 radical (unpaired) electrons. The van der Waals surface area contributed by atoms with Crippen LogP contribution in [0.2, 0.25) is 0 Å². The van der Waals surface area contributed by atoms with Crippen LogP contribution in [0.1, 0.15) is 13.8 Å². The maximum Gasteiger partial charge on any atom is 0.317 e. The highest BCUT2D eigenvalue weighted by atomic mass is 16.2. The van der Waals surface area contributed by atoms with Gasteiger partial charge in [0.05, 0.1) is 6.04 Å². The van der Waals surface area contributed by atoms with Gasteiger partial charge in [-0.2, -0.15) is 0 Å². The summed E-state index contributed by atoms with van der Waals surface area (Å²) in [6.45, 7) is 8.18. The van der Waals surface area contributed by atoms with Crippen LogP contribution < -0.4 is 5.32 Å². The Morgan fingerprint density at radius 2 is 2.15 bits per heavy atom. The topological polar surface area (TPSA) is 35.6 Å². The fourth-order valence-corrected chi connectivity index (χ4v) is 1.94. The highest BCUT2D eigenvalue weighted by molar-refractivity contribution is 5.76. The van der Waals surface area contributed by atoms with Crippen LogP contribution in [-0.2, 0) is 0 Å². The van der Waals surface area contributed by atoms with Crippen LogP contribution in [0.5, 0.6) is 0 Å². The summed E-state index contributed by atoms with van der Waals surface area (Å²) in [5.41, 5.74) is 0. The first-order valence-corrected chi connectivity index (χ1v) is 4.97. The lowest BCUT2D eigenvalue weighted by molar-refractivity contribution is 0.0413. The van der Waals surface area contributed by atoms with Crippen LogP contribution in [0, 0.1) is 0 Å². The molecular weight excluding hydrogens is 166 g/mol. The Morgan fingerprint density at radius 3 is 2.62 bits per heavy atom. The van der Waals surface area contributed by atoms with Gasteiger partial charge in [0.15, 0.2) is 0 Å². The van der Waals surface area contributed by atoms with E-state index in [0.29, 0.717) is 12.1 Å². The summed E-state index contributed by atoms with van der Waals surface area (Å²) in [4.78, 5) is 15.6. The second-order valence-electron chi connectivity index (χ2n) is 4.13. The number of nitrogens with zero attached hydrogens (tertiary/aromatic N) is 2. The molecule has 74 valence electrons. The SMILES string of the molecule is CC(C)N1CC(N2CCNC2=O)C1. The van der Waals surface area contributed by atoms with Gasteiger partial charge < -0.3 is 10.2 Å². The van der Waals surface area contributed by atoms with Gasteiger partial charge in [-0.05, 0) is 13.8 Å². The molecule has 2 aliphatic heterocycles. The summed E-state index contributed by atoms with van der Waals surface area (Å²) in [5.74, 6) is 0. The third-order valence-electron chi connectivity index (χ3n) is 2.95. The van der Waals surface area contributed by atoms with Crippen LogP contribution in [0.3, 0.4) is 0 Å².